The summed E-state index contributed by atoms with van der Waals surface area (Å²) in [5.74, 6) is 0.226. The van der Waals surface area contributed by atoms with Crippen LogP contribution < -0.4 is 4.90 Å². The molecule has 0 aliphatic carbocycles. The molecule has 2 saturated heterocycles. The second-order valence-electron chi connectivity index (χ2n) is 7.25. The average molecular weight is 364 g/mol. The molecular formula is C19H26ClN3O2. The summed E-state index contributed by atoms with van der Waals surface area (Å²) in [6, 6.07) is 6.42. The maximum Gasteiger partial charge on any atom is 0.228 e. The van der Waals surface area contributed by atoms with Crippen LogP contribution in [0.25, 0.3) is 0 Å². The first-order chi connectivity index (χ1) is 12.2. The van der Waals surface area contributed by atoms with Gasteiger partial charge in [0.15, 0.2) is 0 Å². The summed E-state index contributed by atoms with van der Waals surface area (Å²) in [5.41, 5.74) is 2.22. The van der Waals surface area contributed by atoms with Crippen LogP contribution in [0.1, 0.15) is 24.8 Å². The summed E-state index contributed by atoms with van der Waals surface area (Å²) in [6.07, 6.45) is 2.96. The van der Waals surface area contributed by atoms with Crippen molar-refractivity contribution in [2.75, 3.05) is 50.8 Å². The monoisotopic (exact) mass is 363 g/mol. The molecule has 0 N–H and O–H groups in total. The molecule has 1 aromatic rings. The summed E-state index contributed by atoms with van der Waals surface area (Å²) < 4.78 is 5.39. The Kier molecular flexibility index (Phi) is 5.27. The molecule has 3 aliphatic heterocycles. The lowest BCUT2D eigenvalue weighted by atomic mass is 10.1. The highest BCUT2D eigenvalue weighted by molar-refractivity contribution is 6.30. The Morgan fingerprint density at radius 3 is 2.92 bits per heavy atom. The molecule has 0 aromatic heterocycles. The van der Waals surface area contributed by atoms with Crippen molar-refractivity contribution in [2.45, 2.75) is 31.8 Å². The standard InChI is InChI=1S/C19H26ClN3O2/c20-16-3-4-18-15(12-16)13-22-6-1-2-17(22)14-23(18)19(24)5-7-21-8-10-25-11-9-21/h3-4,12,17H,1-2,5-11,13-14H2. The highest BCUT2D eigenvalue weighted by Crippen LogP contribution is 2.33. The quantitative estimate of drug-likeness (QED) is 0.826. The number of hydrogen-bond acceptors (Lipinski definition) is 4. The number of hydrogen-bond donors (Lipinski definition) is 0. The number of ether oxygens (including phenoxy) is 1. The van der Waals surface area contributed by atoms with Crippen molar-refractivity contribution in [1.29, 1.82) is 0 Å². The number of halogens is 1. The van der Waals surface area contributed by atoms with E-state index >= 15 is 0 Å². The number of morpholine rings is 1. The zero-order chi connectivity index (χ0) is 17.2. The maximum absolute atomic E-state index is 13.0. The Morgan fingerprint density at radius 1 is 1.24 bits per heavy atom. The number of anilines is 1. The van der Waals surface area contributed by atoms with Crippen molar-refractivity contribution in [3.05, 3.63) is 28.8 Å². The molecule has 136 valence electrons. The molecule has 2 fully saturated rings. The minimum absolute atomic E-state index is 0.226. The molecule has 3 heterocycles. The lowest BCUT2D eigenvalue weighted by Crippen LogP contribution is -2.43. The van der Waals surface area contributed by atoms with Crippen LogP contribution in [0.2, 0.25) is 5.02 Å². The third kappa shape index (κ3) is 3.85. The Morgan fingerprint density at radius 2 is 2.08 bits per heavy atom. The summed E-state index contributed by atoms with van der Waals surface area (Å²) in [7, 11) is 0. The van der Waals surface area contributed by atoms with Gasteiger partial charge in [-0.1, -0.05) is 11.6 Å². The second kappa shape index (κ2) is 7.62. The number of benzene rings is 1. The Labute approximate surface area is 154 Å². The van der Waals surface area contributed by atoms with E-state index in [0.29, 0.717) is 12.5 Å². The summed E-state index contributed by atoms with van der Waals surface area (Å²) in [5, 5.41) is 0.747. The van der Waals surface area contributed by atoms with E-state index in [1.807, 2.05) is 23.1 Å². The summed E-state index contributed by atoms with van der Waals surface area (Å²) in [4.78, 5) is 19.9. The topological polar surface area (TPSA) is 36.0 Å². The first-order valence-electron chi connectivity index (χ1n) is 9.33. The number of fused-ring (bicyclic) bond motifs is 2. The highest BCUT2D eigenvalue weighted by atomic mass is 35.5. The van der Waals surface area contributed by atoms with E-state index in [1.54, 1.807) is 0 Å². The number of rotatable bonds is 3. The van der Waals surface area contributed by atoms with Crippen molar-refractivity contribution < 1.29 is 9.53 Å². The maximum atomic E-state index is 13.0. The number of carbonyl (C=O) groups excluding carboxylic acids is 1. The van der Waals surface area contributed by atoms with Gasteiger partial charge in [-0.2, -0.15) is 0 Å². The van der Waals surface area contributed by atoms with Gasteiger partial charge in [0.25, 0.3) is 0 Å². The third-order valence-corrected chi connectivity index (χ3v) is 5.88. The molecule has 1 aromatic carbocycles. The van der Waals surface area contributed by atoms with Crippen molar-refractivity contribution >= 4 is 23.2 Å². The second-order valence-corrected chi connectivity index (χ2v) is 7.68. The smallest absolute Gasteiger partial charge is 0.228 e. The van der Waals surface area contributed by atoms with Gasteiger partial charge in [0.1, 0.15) is 0 Å². The van der Waals surface area contributed by atoms with Crippen LogP contribution >= 0.6 is 11.6 Å². The molecule has 0 bridgehead atoms. The van der Waals surface area contributed by atoms with E-state index in [4.69, 9.17) is 16.3 Å². The third-order valence-electron chi connectivity index (χ3n) is 5.64. The Bertz CT molecular complexity index is 633. The van der Waals surface area contributed by atoms with Gasteiger partial charge < -0.3 is 9.64 Å². The molecule has 3 aliphatic rings. The predicted octanol–water partition coefficient (Wildman–Crippen LogP) is 2.37. The lowest BCUT2D eigenvalue weighted by Gasteiger charge is -2.29. The SMILES string of the molecule is O=C(CCN1CCOCC1)N1CC2CCCN2Cc2cc(Cl)ccc21. The Hall–Kier alpha value is -1.14. The predicted molar refractivity (Wildman–Crippen MR) is 99.1 cm³/mol. The fourth-order valence-electron chi connectivity index (χ4n) is 4.23. The van der Waals surface area contributed by atoms with E-state index in [2.05, 4.69) is 9.80 Å². The normalized spacial score (nSPS) is 24.7. The first-order valence-corrected chi connectivity index (χ1v) is 9.71. The minimum atomic E-state index is 0.226. The van der Waals surface area contributed by atoms with Gasteiger partial charge in [-0.05, 0) is 43.1 Å². The summed E-state index contributed by atoms with van der Waals surface area (Å²) >= 11 is 6.22. The van der Waals surface area contributed by atoms with E-state index in [9.17, 15) is 4.79 Å². The van der Waals surface area contributed by atoms with Gasteiger partial charge in [-0.15, -0.1) is 0 Å². The molecule has 5 nitrogen and oxygen atoms in total. The molecule has 0 spiro atoms. The van der Waals surface area contributed by atoms with E-state index in [0.717, 1.165) is 63.2 Å². The Balaban J connectivity index is 1.51. The highest BCUT2D eigenvalue weighted by Gasteiger charge is 2.33. The van der Waals surface area contributed by atoms with Crippen LogP contribution in [-0.4, -0.2) is 67.7 Å². The van der Waals surface area contributed by atoms with Crippen LogP contribution in [0.3, 0.4) is 0 Å². The zero-order valence-electron chi connectivity index (χ0n) is 14.6. The van der Waals surface area contributed by atoms with Crippen LogP contribution in [-0.2, 0) is 16.1 Å². The van der Waals surface area contributed by atoms with Crippen LogP contribution in [0.4, 0.5) is 5.69 Å². The minimum Gasteiger partial charge on any atom is -0.379 e. The van der Waals surface area contributed by atoms with Gasteiger partial charge in [0.05, 0.1) is 13.2 Å². The lowest BCUT2D eigenvalue weighted by molar-refractivity contribution is -0.119. The van der Waals surface area contributed by atoms with Gasteiger partial charge in [0, 0.05) is 55.9 Å². The van der Waals surface area contributed by atoms with Gasteiger partial charge >= 0.3 is 0 Å². The number of amides is 1. The van der Waals surface area contributed by atoms with Crippen LogP contribution in [0.5, 0.6) is 0 Å². The van der Waals surface area contributed by atoms with E-state index in [1.165, 1.54) is 18.4 Å². The van der Waals surface area contributed by atoms with Crippen LogP contribution in [0.15, 0.2) is 18.2 Å². The molecule has 1 amide bonds. The fourth-order valence-corrected chi connectivity index (χ4v) is 4.43. The van der Waals surface area contributed by atoms with Crippen molar-refractivity contribution in [1.82, 2.24) is 9.80 Å². The van der Waals surface area contributed by atoms with Gasteiger partial charge in [-0.3, -0.25) is 14.6 Å². The zero-order valence-corrected chi connectivity index (χ0v) is 15.4. The molecule has 0 saturated carbocycles. The van der Waals surface area contributed by atoms with Crippen molar-refractivity contribution in [3.63, 3.8) is 0 Å². The largest absolute Gasteiger partial charge is 0.379 e. The molecule has 25 heavy (non-hydrogen) atoms. The molecule has 1 atom stereocenters. The molecule has 6 heteroatoms. The van der Waals surface area contributed by atoms with Crippen LogP contribution in [0, 0.1) is 0 Å². The van der Waals surface area contributed by atoms with E-state index < -0.39 is 0 Å². The first kappa shape index (κ1) is 17.3. The van der Waals surface area contributed by atoms with E-state index in [-0.39, 0.29) is 5.91 Å². The summed E-state index contributed by atoms with van der Waals surface area (Å²) in [6.45, 7) is 7.03. The average Bonchev–Trinajstić information content (AvgIpc) is 3.00. The molecule has 1 unspecified atom stereocenters. The molecular weight excluding hydrogens is 338 g/mol. The number of nitrogens with zero attached hydrogens (tertiary/aromatic N) is 3. The van der Waals surface area contributed by atoms with Gasteiger partial charge in [-0.25, -0.2) is 0 Å². The van der Waals surface area contributed by atoms with Gasteiger partial charge in [0.2, 0.25) is 5.91 Å². The molecule has 0 radical (unpaired) electrons. The molecule has 4 rings (SSSR count). The van der Waals surface area contributed by atoms with Crippen molar-refractivity contribution in [2.24, 2.45) is 0 Å². The number of carbonyl (C=O) groups is 1. The van der Waals surface area contributed by atoms with Crippen molar-refractivity contribution in [3.8, 4) is 0 Å². The fraction of sp³-hybridized carbons (Fsp3) is 0.632.